The summed E-state index contributed by atoms with van der Waals surface area (Å²) >= 11 is 6.21. The van der Waals surface area contributed by atoms with Gasteiger partial charge in [0.1, 0.15) is 0 Å². The molecule has 2 amide bonds. The molecule has 0 radical (unpaired) electrons. The smallest absolute Gasteiger partial charge is 0.337 e. The highest BCUT2D eigenvalue weighted by Crippen LogP contribution is 2.39. The maximum absolute atomic E-state index is 14.2. The van der Waals surface area contributed by atoms with Crippen LogP contribution in [-0.4, -0.2) is 62.6 Å². The summed E-state index contributed by atoms with van der Waals surface area (Å²) in [5.74, 6) is 0.608. The van der Waals surface area contributed by atoms with E-state index in [9.17, 15) is 22.8 Å². The quantitative estimate of drug-likeness (QED) is 0.228. The van der Waals surface area contributed by atoms with Gasteiger partial charge in [0.2, 0.25) is 15.9 Å². The van der Waals surface area contributed by atoms with Crippen LogP contribution in [0.25, 0.3) is 0 Å². The molecule has 1 fully saturated rings. The first-order valence-corrected chi connectivity index (χ1v) is 16.6. The third kappa shape index (κ3) is 7.97. The number of benzene rings is 2. The normalized spacial score (nSPS) is 22.3. The number of nitrogens with one attached hydrogen (secondary N) is 2. The topological polar surface area (TPSA) is 122 Å². The monoisotopic (exact) mass is 637 g/mol. The molecule has 0 aromatic heterocycles. The lowest BCUT2D eigenvalue weighted by molar-refractivity contribution is -0.124. The molecule has 2 aliphatic rings. The number of sulfonamides is 1. The van der Waals surface area contributed by atoms with Crippen LogP contribution in [0.4, 0.5) is 0 Å². The highest BCUT2D eigenvalue weighted by atomic mass is 35.5. The molecule has 0 unspecified atom stereocenters. The van der Waals surface area contributed by atoms with Crippen LogP contribution in [0.3, 0.4) is 0 Å². The summed E-state index contributed by atoms with van der Waals surface area (Å²) in [7, 11) is -2.25. The minimum absolute atomic E-state index is 0.188. The summed E-state index contributed by atoms with van der Waals surface area (Å²) < 4.78 is 32.1. The molecule has 9 nitrogen and oxygen atoms in total. The molecular weight excluding hydrogens is 602 g/mol. The molecule has 0 bridgehead atoms. The minimum Gasteiger partial charge on any atom is -0.465 e. The van der Waals surface area contributed by atoms with E-state index in [-0.39, 0.29) is 24.8 Å². The molecule has 44 heavy (non-hydrogen) atoms. The second-order valence-electron chi connectivity index (χ2n) is 10.9. The maximum Gasteiger partial charge on any atom is 0.337 e. The van der Waals surface area contributed by atoms with Crippen molar-refractivity contribution < 1.29 is 27.5 Å². The first-order valence-electron chi connectivity index (χ1n) is 14.4. The molecule has 232 valence electrons. The summed E-state index contributed by atoms with van der Waals surface area (Å²) in [5, 5.41) is 3.34. The molecule has 2 N–H and O–H groups in total. The third-order valence-corrected chi connectivity index (χ3v) is 8.92. The van der Waals surface area contributed by atoms with Gasteiger partial charge in [-0.3, -0.25) is 9.59 Å². The van der Waals surface area contributed by atoms with E-state index in [4.69, 9.17) is 22.8 Å². The number of hydrogen-bond donors (Lipinski definition) is 2. The zero-order valence-corrected chi connectivity index (χ0v) is 26.2. The Hall–Kier alpha value is -3.91. The summed E-state index contributed by atoms with van der Waals surface area (Å²) in [6.45, 7) is 0.188. The average molecular weight is 638 g/mol. The van der Waals surface area contributed by atoms with Gasteiger partial charge in [-0.1, -0.05) is 66.8 Å². The first kappa shape index (κ1) is 33.0. The van der Waals surface area contributed by atoms with Crippen molar-refractivity contribution >= 4 is 39.4 Å². The summed E-state index contributed by atoms with van der Waals surface area (Å²) in [4.78, 5) is 41.8. The number of hydrogen-bond acceptors (Lipinski definition) is 6. The number of ether oxygens (including phenoxy) is 1. The van der Waals surface area contributed by atoms with Crippen molar-refractivity contribution in [3.05, 3.63) is 94.0 Å². The Morgan fingerprint density at radius 2 is 1.84 bits per heavy atom. The maximum atomic E-state index is 14.2. The Balaban J connectivity index is 1.72. The number of methoxy groups -OCH3 is 1. The van der Waals surface area contributed by atoms with Gasteiger partial charge < -0.3 is 15.0 Å². The average Bonchev–Trinajstić information content (AvgIpc) is 3.00. The highest BCUT2D eigenvalue weighted by Gasteiger charge is 2.47. The number of halogens is 1. The predicted molar refractivity (Wildman–Crippen MR) is 169 cm³/mol. The highest BCUT2D eigenvalue weighted by molar-refractivity contribution is 7.88. The fraction of sp³-hybridized carbons (Fsp3) is 0.364. The van der Waals surface area contributed by atoms with Crippen molar-refractivity contribution in [1.29, 1.82) is 0 Å². The van der Waals surface area contributed by atoms with Crippen molar-refractivity contribution in [3.8, 4) is 12.3 Å². The molecule has 2 aromatic rings. The zero-order valence-electron chi connectivity index (χ0n) is 24.7. The van der Waals surface area contributed by atoms with E-state index in [1.807, 2.05) is 0 Å². The van der Waals surface area contributed by atoms with Crippen molar-refractivity contribution in [2.24, 2.45) is 0 Å². The van der Waals surface area contributed by atoms with Crippen LogP contribution in [0.2, 0.25) is 0 Å². The predicted octanol–water partition coefficient (Wildman–Crippen LogP) is 4.26. The minimum atomic E-state index is -3.56. The first-order chi connectivity index (χ1) is 21.0. The molecule has 0 saturated heterocycles. The zero-order chi connectivity index (χ0) is 31.9. The molecule has 1 heterocycles. The Morgan fingerprint density at radius 1 is 1.14 bits per heavy atom. The summed E-state index contributed by atoms with van der Waals surface area (Å²) in [5.41, 5.74) is 2.17. The molecule has 11 heteroatoms. The molecule has 4 rings (SSSR count). The lowest BCUT2D eigenvalue weighted by Gasteiger charge is -2.48. The third-order valence-electron chi connectivity index (χ3n) is 7.96. The van der Waals surface area contributed by atoms with E-state index < -0.39 is 40.0 Å². The second kappa shape index (κ2) is 14.7. The Bertz CT molecular complexity index is 1600. The molecular formula is C33H36ClN3O6S. The number of allylic oxidation sites excluding steroid dienone is 3. The number of terminal acetylenes is 1. The van der Waals surface area contributed by atoms with E-state index in [1.165, 1.54) is 13.2 Å². The van der Waals surface area contributed by atoms with Crippen LogP contribution in [0, 0.1) is 12.3 Å². The van der Waals surface area contributed by atoms with Crippen LogP contribution in [0.15, 0.2) is 71.8 Å². The van der Waals surface area contributed by atoms with E-state index in [2.05, 4.69) is 16.0 Å². The van der Waals surface area contributed by atoms with E-state index in [0.717, 1.165) is 24.7 Å². The van der Waals surface area contributed by atoms with Gasteiger partial charge in [-0.2, -0.15) is 0 Å². The van der Waals surface area contributed by atoms with Gasteiger partial charge in [-0.25, -0.2) is 17.9 Å². The Kier molecular flexibility index (Phi) is 11.0. The van der Waals surface area contributed by atoms with E-state index in [1.54, 1.807) is 65.6 Å². The number of carbonyl (C=O) groups excluding carboxylic acids is 3. The van der Waals surface area contributed by atoms with Gasteiger partial charge >= 0.3 is 5.97 Å². The molecule has 1 aliphatic carbocycles. The number of carbonyl (C=O) groups is 3. The molecule has 1 aliphatic heterocycles. The van der Waals surface area contributed by atoms with Crippen LogP contribution in [0.1, 0.15) is 69.9 Å². The summed E-state index contributed by atoms with van der Waals surface area (Å²) in [6.07, 6.45) is 14.3. The molecule has 2 aromatic carbocycles. The standard InChI is InChI=1S/C33H36ClN3O6S/c1-4-10-24(34)11-9-16-29-30(31(38)35-21-22-17-19-23(20-18-22)33(40)43-2)25-12-5-6-13-26(25)32(39)37(29)28-15-8-7-14-27(28)36-44(3,41)42/h1,5-6,9-13,17-20,27-30,36H,7-8,14-16,21H2,2-3H3,(H,35,38)/b11-9-,24-10+/t27-,28-,29-,30+/m0/s1. The molecule has 1 saturated carbocycles. The van der Waals surface area contributed by atoms with E-state index >= 15 is 0 Å². The van der Waals surface area contributed by atoms with Gasteiger partial charge in [0.15, 0.2) is 0 Å². The van der Waals surface area contributed by atoms with Crippen molar-refractivity contribution in [2.45, 2.75) is 62.7 Å². The lowest BCUT2D eigenvalue weighted by Crippen LogP contribution is -2.62. The SMILES string of the molecule is C#C/C=C(Cl)\C=C/C[C@H]1[C@H](C(=O)NCc2ccc(C(=O)OC)cc2)c2ccccc2C(=O)N1[C@H]1CCCC[C@@H]1NS(C)(=O)=O. The fourth-order valence-electron chi connectivity index (χ4n) is 6.06. The van der Waals surface area contributed by atoms with Crippen LogP contribution in [0.5, 0.6) is 0 Å². The van der Waals surface area contributed by atoms with Gasteiger partial charge in [0.05, 0.1) is 30.9 Å². The van der Waals surface area contributed by atoms with Gasteiger partial charge in [-0.05, 0) is 54.7 Å². The van der Waals surface area contributed by atoms with Crippen molar-refractivity contribution in [3.63, 3.8) is 0 Å². The van der Waals surface area contributed by atoms with Crippen LogP contribution >= 0.6 is 11.6 Å². The fourth-order valence-corrected chi connectivity index (χ4v) is 7.04. The van der Waals surface area contributed by atoms with Gasteiger partial charge in [0, 0.05) is 35.3 Å². The number of esters is 1. The second-order valence-corrected chi connectivity index (χ2v) is 13.1. The van der Waals surface area contributed by atoms with Crippen molar-refractivity contribution in [1.82, 2.24) is 14.9 Å². The molecule has 4 atom stereocenters. The van der Waals surface area contributed by atoms with Crippen LogP contribution < -0.4 is 10.0 Å². The number of nitrogens with zero attached hydrogens (tertiary/aromatic N) is 1. The van der Waals surface area contributed by atoms with Crippen molar-refractivity contribution in [2.75, 3.05) is 13.4 Å². The van der Waals surface area contributed by atoms with E-state index in [0.29, 0.717) is 34.6 Å². The number of fused-ring (bicyclic) bond motifs is 1. The Morgan fingerprint density at radius 3 is 2.52 bits per heavy atom. The number of amides is 2. The van der Waals surface area contributed by atoms with Crippen LogP contribution in [-0.2, 0) is 26.1 Å². The Labute approximate surface area is 263 Å². The summed E-state index contributed by atoms with van der Waals surface area (Å²) in [6, 6.07) is 12.2. The largest absolute Gasteiger partial charge is 0.465 e. The van der Waals surface area contributed by atoms with Gasteiger partial charge in [-0.15, -0.1) is 6.42 Å². The lowest BCUT2D eigenvalue weighted by atomic mass is 9.77. The van der Waals surface area contributed by atoms with Gasteiger partial charge in [0.25, 0.3) is 5.91 Å². The molecule has 0 spiro atoms. The number of rotatable bonds is 10.